The van der Waals surface area contributed by atoms with Gasteiger partial charge in [0.25, 0.3) is 5.69 Å². The van der Waals surface area contributed by atoms with E-state index < -0.39 is 16.7 Å². The Morgan fingerprint density at radius 3 is 2.62 bits per heavy atom. The van der Waals surface area contributed by atoms with E-state index in [9.17, 15) is 19.7 Å². The fraction of sp³-hybridized carbons (Fsp3) is 0.556. The van der Waals surface area contributed by atoms with Crippen molar-refractivity contribution in [2.24, 2.45) is 17.8 Å². The van der Waals surface area contributed by atoms with E-state index >= 15 is 0 Å². The summed E-state index contributed by atoms with van der Waals surface area (Å²) in [6.45, 7) is 1.94. The number of hydrogen-bond donors (Lipinski definition) is 2. The van der Waals surface area contributed by atoms with E-state index in [2.05, 4.69) is 10.6 Å². The fourth-order valence-corrected chi connectivity index (χ4v) is 4.37. The Hall–Kier alpha value is -2.64. The lowest BCUT2D eigenvalue weighted by Crippen LogP contribution is -2.45. The van der Waals surface area contributed by atoms with Crippen LogP contribution in [-0.4, -0.2) is 29.9 Å². The Bertz CT molecular complexity index is 736. The number of rotatable bonds is 5. The third-order valence-corrected chi connectivity index (χ3v) is 5.64. The van der Waals surface area contributed by atoms with Gasteiger partial charge in [0, 0.05) is 18.2 Å². The number of ether oxygens (including phenoxy) is 1. The molecular weight excluding hydrogens is 338 g/mol. The first-order valence-electron chi connectivity index (χ1n) is 8.83. The second-order valence-electron chi connectivity index (χ2n) is 7.20. The average Bonchev–Trinajstić information content (AvgIpc) is 3.24. The predicted octanol–water partition coefficient (Wildman–Crippen LogP) is 2.48. The molecule has 0 aromatic heterocycles. The number of fused-ring (bicyclic) bond motifs is 2. The second-order valence-corrected chi connectivity index (χ2v) is 7.20. The van der Waals surface area contributed by atoms with Crippen LogP contribution in [-0.2, 0) is 9.59 Å². The van der Waals surface area contributed by atoms with Crippen LogP contribution in [0.3, 0.4) is 0 Å². The first-order valence-corrected chi connectivity index (χ1v) is 8.83. The molecule has 8 heteroatoms. The monoisotopic (exact) mass is 361 g/mol. The van der Waals surface area contributed by atoms with Gasteiger partial charge in [-0.25, -0.2) is 0 Å². The van der Waals surface area contributed by atoms with Crippen molar-refractivity contribution in [1.29, 1.82) is 0 Å². The molecule has 0 aliphatic heterocycles. The molecule has 0 radical (unpaired) electrons. The molecule has 1 aromatic carbocycles. The van der Waals surface area contributed by atoms with Gasteiger partial charge in [-0.3, -0.25) is 19.7 Å². The number of carbonyl (C=O) groups is 2. The molecule has 26 heavy (non-hydrogen) atoms. The maximum atomic E-state index is 12.2. The summed E-state index contributed by atoms with van der Waals surface area (Å²) >= 11 is 0. The van der Waals surface area contributed by atoms with Crippen LogP contribution in [0.15, 0.2) is 18.2 Å². The largest absolute Gasteiger partial charge is 0.495 e. The predicted molar refractivity (Wildman–Crippen MR) is 94.8 cm³/mol. The first kappa shape index (κ1) is 18.2. The van der Waals surface area contributed by atoms with Gasteiger partial charge in [0.05, 0.1) is 17.7 Å². The third-order valence-electron chi connectivity index (χ3n) is 5.64. The van der Waals surface area contributed by atoms with Crippen molar-refractivity contribution in [2.45, 2.75) is 38.6 Å². The number of anilines is 1. The van der Waals surface area contributed by atoms with Crippen LogP contribution in [0.1, 0.15) is 32.6 Å². The molecule has 8 nitrogen and oxygen atoms in total. The molecule has 2 fully saturated rings. The van der Waals surface area contributed by atoms with Crippen molar-refractivity contribution in [3.8, 4) is 5.75 Å². The number of nitrogens with one attached hydrogen (secondary N) is 2. The summed E-state index contributed by atoms with van der Waals surface area (Å²) < 4.78 is 5.09. The zero-order chi connectivity index (χ0) is 18.8. The highest BCUT2D eigenvalue weighted by atomic mass is 16.6. The van der Waals surface area contributed by atoms with Gasteiger partial charge < -0.3 is 15.4 Å². The van der Waals surface area contributed by atoms with E-state index in [1.54, 1.807) is 0 Å². The summed E-state index contributed by atoms with van der Waals surface area (Å²) in [4.78, 5) is 34.8. The molecule has 4 unspecified atom stereocenters. The van der Waals surface area contributed by atoms with Gasteiger partial charge in [0.15, 0.2) is 0 Å². The summed E-state index contributed by atoms with van der Waals surface area (Å²) in [6.07, 6.45) is 4.80. The number of nitro benzene ring substituents is 1. The van der Waals surface area contributed by atoms with Crippen molar-refractivity contribution in [3.63, 3.8) is 0 Å². The Balaban J connectivity index is 1.63. The quantitative estimate of drug-likeness (QED) is 0.475. The van der Waals surface area contributed by atoms with E-state index in [4.69, 9.17) is 4.74 Å². The maximum Gasteiger partial charge on any atom is 0.313 e. The summed E-state index contributed by atoms with van der Waals surface area (Å²) in [5.74, 6) is 0.450. The molecule has 2 N–H and O–H groups in total. The average molecular weight is 361 g/mol. The van der Waals surface area contributed by atoms with Crippen LogP contribution < -0.4 is 15.4 Å². The molecule has 0 spiro atoms. The standard InChI is InChI=1S/C18H23N3O5/c1-10(14-8-11-3-4-12(14)7-11)19-17(22)18(23)20-15-9-13(21(24)25)5-6-16(15)26-2/h5-6,9-12,14H,3-4,7-8H2,1-2H3,(H,19,22)(H,20,23). The lowest BCUT2D eigenvalue weighted by atomic mass is 9.84. The number of nitro groups is 1. The Morgan fingerprint density at radius 2 is 2.04 bits per heavy atom. The number of methoxy groups -OCH3 is 1. The highest BCUT2D eigenvalue weighted by molar-refractivity contribution is 6.39. The highest BCUT2D eigenvalue weighted by Crippen LogP contribution is 2.49. The minimum Gasteiger partial charge on any atom is -0.495 e. The first-order chi connectivity index (χ1) is 12.4. The molecule has 2 saturated carbocycles. The second kappa shape index (κ2) is 7.31. The van der Waals surface area contributed by atoms with Gasteiger partial charge in [0.2, 0.25) is 0 Å². The topological polar surface area (TPSA) is 111 Å². The number of benzene rings is 1. The van der Waals surface area contributed by atoms with Crippen molar-refractivity contribution < 1.29 is 19.2 Å². The molecular formula is C18H23N3O5. The van der Waals surface area contributed by atoms with Crippen LogP contribution in [0, 0.1) is 27.9 Å². The van der Waals surface area contributed by atoms with Gasteiger partial charge >= 0.3 is 11.8 Å². The SMILES string of the molecule is COc1ccc([N+](=O)[O-])cc1NC(=O)C(=O)NC(C)C1CC2CCC1C2. The van der Waals surface area contributed by atoms with Crippen molar-refractivity contribution in [1.82, 2.24) is 5.32 Å². The number of hydrogen-bond acceptors (Lipinski definition) is 5. The van der Waals surface area contributed by atoms with Crippen molar-refractivity contribution in [2.75, 3.05) is 12.4 Å². The zero-order valence-corrected chi connectivity index (χ0v) is 14.9. The van der Waals surface area contributed by atoms with Gasteiger partial charge in [-0.05, 0) is 50.0 Å². The van der Waals surface area contributed by atoms with Gasteiger partial charge in [-0.2, -0.15) is 0 Å². The lowest BCUT2D eigenvalue weighted by Gasteiger charge is -2.28. The van der Waals surface area contributed by atoms with Crippen molar-refractivity contribution in [3.05, 3.63) is 28.3 Å². The molecule has 2 bridgehead atoms. The van der Waals surface area contributed by atoms with E-state index in [0.717, 1.165) is 12.3 Å². The van der Waals surface area contributed by atoms with Gasteiger partial charge in [-0.1, -0.05) is 6.42 Å². The van der Waals surface area contributed by atoms with Crippen LogP contribution in [0.5, 0.6) is 5.75 Å². The summed E-state index contributed by atoms with van der Waals surface area (Å²) in [6, 6.07) is 3.74. The Labute approximate surface area is 151 Å². The zero-order valence-electron chi connectivity index (χ0n) is 14.9. The summed E-state index contributed by atoms with van der Waals surface area (Å²) in [5.41, 5.74) is -0.105. The normalized spacial score (nSPS) is 24.8. The number of amides is 2. The van der Waals surface area contributed by atoms with Gasteiger partial charge in [-0.15, -0.1) is 0 Å². The number of nitrogens with zero attached hydrogens (tertiary/aromatic N) is 1. The Morgan fingerprint density at radius 1 is 1.27 bits per heavy atom. The fourth-order valence-electron chi connectivity index (χ4n) is 4.37. The molecule has 2 aliphatic carbocycles. The molecule has 0 heterocycles. The smallest absolute Gasteiger partial charge is 0.313 e. The number of carbonyl (C=O) groups excluding carboxylic acids is 2. The summed E-state index contributed by atoms with van der Waals surface area (Å²) in [5, 5.41) is 16.1. The van der Waals surface area contributed by atoms with E-state index in [0.29, 0.717) is 11.8 Å². The van der Waals surface area contributed by atoms with Crippen molar-refractivity contribution >= 4 is 23.2 Å². The van der Waals surface area contributed by atoms with E-state index in [1.165, 1.54) is 44.6 Å². The minimum absolute atomic E-state index is 0.0736. The summed E-state index contributed by atoms with van der Waals surface area (Å²) in [7, 11) is 1.38. The van der Waals surface area contributed by atoms with Crippen LogP contribution in [0.2, 0.25) is 0 Å². The minimum atomic E-state index is -0.862. The lowest BCUT2D eigenvalue weighted by molar-refractivity contribution is -0.384. The van der Waals surface area contributed by atoms with Crippen LogP contribution >= 0.6 is 0 Å². The van der Waals surface area contributed by atoms with Crippen LogP contribution in [0.4, 0.5) is 11.4 Å². The van der Waals surface area contributed by atoms with Gasteiger partial charge in [0.1, 0.15) is 5.75 Å². The molecule has 4 atom stereocenters. The molecule has 0 saturated heterocycles. The number of non-ortho nitro benzene ring substituents is 1. The Kier molecular flexibility index (Phi) is 5.11. The molecule has 2 amide bonds. The highest BCUT2D eigenvalue weighted by Gasteiger charge is 2.42. The van der Waals surface area contributed by atoms with Crippen LogP contribution in [0.25, 0.3) is 0 Å². The molecule has 2 aliphatic rings. The maximum absolute atomic E-state index is 12.2. The third kappa shape index (κ3) is 3.63. The van der Waals surface area contributed by atoms with E-state index in [1.807, 2.05) is 6.92 Å². The van der Waals surface area contributed by atoms with E-state index in [-0.39, 0.29) is 23.2 Å². The molecule has 3 rings (SSSR count). The molecule has 1 aromatic rings. The molecule has 140 valence electrons.